The zero-order valence-corrected chi connectivity index (χ0v) is 16.6. The van der Waals surface area contributed by atoms with Crippen LogP contribution in [0.1, 0.15) is 15.9 Å². The normalized spacial score (nSPS) is 10.6. The van der Waals surface area contributed by atoms with Crippen molar-refractivity contribution < 1.29 is 23.8 Å². The number of carbonyl (C=O) groups is 1. The van der Waals surface area contributed by atoms with Crippen molar-refractivity contribution in [2.24, 2.45) is 0 Å². The van der Waals surface area contributed by atoms with Gasteiger partial charge in [-0.05, 0) is 29.8 Å². The number of pyridine rings is 1. The van der Waals surface area contributed by atoms with Crippen molar-refractivity contribution in [1.82, 2.24) is 4.98 Å². The summed E-state index contributed by atoms with van der Waals surface area (Å²) < 4.78 is 25.9. The Balaban J connectivity index is 1.70. The van der Waals surface area contributed by atoms with Crippen LogP contribution in [0.15, 0.2) is 72.9 Å². The highest BCUT2D eigenvalue weighted by atomic mass is 19.1. The fourth-order valence-corrected chi connectivity index (χ4v) is 3.12. The molecule has 0 bridgehead atoms. The molecule has 0 saturated heterocycles. The molecule has 0 aliphatic rings. The minimum Gasteiger partial charge on any atom is -0.488 e. The molecule has 0 fully saturated rings. The van der Waals surface area contributed by atoms with E-state index in [0.29, 0.717) is 22.3 Å². The highest BCUT2D eigenvalue weighted by Crippen LogP contribution is 2.35. The summed E-state index contributed by atoms with van der Waals surface area (Å²) in [7, 11) is 1.69. The zero-order valence-electron chi connectivity index (χ0n) is 16.6. The smallest absolute Gasteiger partial charge is 0.339 e. The van der Waals surface area contributed by atoms with Crippen molar-refractivity contribution in [1.29, 1.82) is 0 Å². The number of aromatic carboxylic acids is 1. The average molecular weight is 418 g/mol. The lowest BCUT2D eigenvalue weighted by Crippen LogP contribution is -2.04. The number of halogens is 1. The van der Waals surface area contributed by atoms with Crippen LogP contribution < -0.4 is 14.8 Å². The van der Waals surface area contributed by atoms with Gasteiger partial charge in [0.2, 0.25) is 0 Å². The number of anilines is 1. The quantitative estimate of drug-likeness (QED) is 0.413. The number of aromatic nitrogens is 1. The van der Waals surface area contributed by atoms with Crippen LogP contribution in [0.4, 0.5) is 10.1 Å². The molecule has 1 heterocycles. The highest BCUT2D eigenvalue weighted by Gasteiger charge is 2.17. The predicted molar refractivity (Wildman–Crippen MR) is 115 cm³/mol. The van der Waals surface area contributed by atoms with Gasteiger partial charge in [0.25, 0.3) is 0 Å². The van der Waals surface area contributed by atoms with E-state index in [0.717, 1.165) is 5.56 Å². The summed E-state index contributed by atoms with van der Waals surface area (Å²) in [4.78, 5) is 16.2. The first-order valence-corrected chi connectivity index (χ1v) is 9.53. The third-order valence-corrected chi connectivity index (χ3v) is 4.71. The molecule has 0 saturated carbocycles. The fraction of sp³-hybridized carbons (Fsp3) is 0.0833. The lowest BCUT2D eigenvalue weighted by molar-refractivity contribution is 0.0692. The number of benzene rings is 3. The van der Waals surface area contributed by atoms with Gasteiger partial charge < -0.3 is 19.9 Å². The Hall–Kier alpha value is -4.13. The molecule has 0 aliphatic heterocycles. The van der Waals surface area contributed by atoms with Crippen LogP contribution in [-0.4, -0.2) is 23.1 Å². The van der Waals surface area contributed by atoms with Crippen LogP contribution in [0.2, 0.25) is 0 Å². The number of rotatable bonds is 7. The molecular weight excluding hydrogens is 399 g/mol. The maximum Gasteiger partial charge on any atom is 0.339 e. The lowest BCUT2D eigenvalue weighted by Gasteiger charge is -2.13. The van der Waals surface area contributed by atoms with Crippen molar-refractivity contribution in [2.75, 3.05) is 12.4 Å². The van der Waals surface area contributed by atoms with E-state index in [-0.39, 0.29) is 23.7 Å². The summed E-state index contributed by atoms with van der Waals surface area (Å²) in [5.74, 6) is -1.19. The van der Waals surface area contributed by atoms with E-state index >= 15 is 0 Å². The predicted octanol–water partition coefficient (Wildman–Crippen LogP) is 5.49. The van der Waals surface area contributed by atoms with Gasteiger partial charge in [0.1, 0.15) is 23.7 Å². The molecule has 156 valence electrons. The number of hydrogen-bond donors (Lipinski definition) is 2. The van der Waals surface area contributed by atoms with Crippen molar-refractivity contribution in [3.05, 3.63) is 89.9 Å². The Morgan fingerprint density at radius 2 is 1.84 bits per heavy atom. The van der Waals surface area contributed by atoms with Crippen molar-refractivity contribution in [3.63, 3.8) is 0 Å². The average Bonchev–Trinajstić information content (AvgIpc) is 2.79. The van der Waals surface area contributed by atoms with Gasteiger partial charge in [0.15, 0.2) is 11.6 Å². The van der Waals surface area contributed by atoms with E-state index in [2.05, 4.69) is 10.3 Å². The summed E-state index contributed by atoms with van der Waals surface area (Å²) in [6, 6.07) is 18.5. The number of fused-ring (bicyclic) bond motifs is 1. The first-order valence-electron chi connectivity index (χ1n) is 9.53. The molecule has 4 aromatic rings. The Labute approximate surface area is 177 Å². The SMILES string of the molecule is CNc1ccc(Oc2ccnc3cc(OCc4ccccc4)c(C(=O)O)cc23)c(F)c1. The van der Waals surface area contributed by atoms with Gasteiger partial charge in [-0.1, -0.05) is 30.3 Å². The van der Waals surface area contributed by atoms with E-state index < -0.39 is 11.8 Å². The Bertz CT molecular complexity index is 1250. The van der Waals surface area contributed by atoms with Gasteiger partial charge in [-0.3, -0.25) is 4.98 Å². The molecule has 0 atom stereocenters. The fourth-order valence-electron chi connectivity index (χ4n) is 3.12. The van der Waals surface area contributed by atoms with E-state index in [4.69, 9.17) is 9.47 Å². The number of carboxylic acid groups (broad SMARTS) is 1. The third-order valence-electron chi connectivity index (χ3n) is 4.71. The van der Waals surface area contributed by atoms with E-state index in [1.807, 2.05) is 30.3 Å². The lowest BCUT2D eigenvalue weighted by atomic mass is 10.1. The molecule has 1 aromatic heterocycles. The standard InChI is InChI=1S/C24H19FN2O4/c1-26-16-7-8-22(19(25)11-16)31-21-9-10-27-20-13-23(18(24(28)29)12-17(20)21)30-14-15-5-3-2-4-6-15/h2-13,26H,14H2,1H3,(H,28,29). The highest BCUT2D eigenvalue weighted by molar-refractivity contribution is 5.98. The second-order valence-electron chi connectivity index (χ2n) is 6.75. The molecule has 0 aliphatic carbocycles. The molecule has 4 rings (SSSR count). The molecule has 31 heavy (non-hydrogen) atoms. The first kappa shape index (κ1) is 20.2. The molecule has 7 heteroatoms. The number of nitrogens with zero attached hydrogens (tertiary/aromatic N) is 1. The third kappa shape index (κ3) is 4.40. The number of carboxylic acids is 1. The van der Waals surface area contributed by atoms with E-state index in [1.54, 1.807) is 25.2 Å². The molecule has 0 radical (unpaired) electrons. The Morgan fingerprint density at radius 1 is 1.03 bits per heavy atom. The largest absolute Gasteiger partial charge is 0.488 e. The monoisotopic (exact) mass is 418 g/mol. The minimum atomic E-state index is -1.15. The molecule has 0 unspecified atom stereocenters. The summed E-state index contributed by atoms with van der Waals surface area (Å²) in [6.07, 6.45) is 1.51. The van der Waals surface area contributed by atoms with Gasteiger partial charge in [-0.15, -0.1) is 0 Å². The Morgan fingerprint density at radius 3 is 2.55 bits per heavy atom. The van der Waals surface area contributed by atoms with Crippen LogP contribution in [-0.2, 0) is 6.61 Å². The summed E-state index contributed by atoms with van der Waals surface area (Å²) in [5.41, 5.74) is 1.95. The maximum atomic E-state index is 14.4. The van der Waals surface area contributed by atoms with Crippen LogP contribution in [0.3, 0.4) is 0 Å². The molecule has 2 N–H and O–H groups in total. The minimum absolute atomic E-state index is 0.0211. The van der Waals surface area contributed by atoms with E-state index in [1.165, 1.54) is 24.4 Å². The van der Waals surface area contributed by atoms with Crippen LogP contribution in [0.25, 0.3) is 10.9 Å². The van der Waals surface area contributed by atoms with Crippen molar-refractivity contribution in [3.8, 4) is 17.2 Å². The van der Waals surface area contributed by atoms with Gasteiger partial charge in [0, 0.05) is 36.5 Å². The number of hydrogen-bond acceptors (Lipinski definition) is 5. The maximum absolute atomic E-state index is 14.4. The van der Waals surface area contributed by atoms with Gasteiger partial charge in [-0.25, -0.2) is 9.18 Å². The molecule has 0 amide bonds. The Kier molecular flexibility index (Phi) is 5.66. The first-order chi connectivity index (χ1) is 15.0. The topological polar surface area (TPSA) is 80.7 Å². The van der Waals surface area contributed by atoms with Crippen molar-refractivity contribution in [2.45, 2.75) is 6.61 Å². The molecule has 3 aromatic carbocycles. The second-order valence-corrected chi connectivity index (χ2v) is 6.75. The van der Waals surface area contributed by atoms with E-state index in [9.17, 15) is 14.3 Å². The number of nitrogens with one attached hydrogen (secondary N) is 1. The molecule has 6 nitrogen and oxygen atoms in total. The zero-order chi connectivity index (χ0) is 21.8. The second kappa shape index (κ2) is 8.71. The van der Waals surface area contributed by atoms with Gasteiger partial charge in [0.05, 0.1) is 5.52 Å². The van der Waals surface area contributed by atoms with Crippen LogP contribution in [0, 0.1) is 5.82 Å². The summed E-state index contributed by atoms with van der Waals surface area (Å²) in [5, 5.41) is 13.0. The van der Waals surface area contributed by atoms with Gasteiger partial charge >= 0.3 is 5.97 Å². The number of ether oxygens (including phenoxy) is 2. The van der Waals surface area contributed by atoms with Gasteiger partial charge in [-0.2, -0.15) is 0 Å². The molecular formula is C24H19FN2O4. The van der Waals surface area contributed by atoms with Crippen LogP contribution >= 0.6 is 0 Å². The van der Waals surface area contributed by atoms with Crippen LogP contribution in [0.5, 0.6) is 17.2 Å². The molecule has 0 spiro atoms. The van der Waals surface area contributed by atoms with Crippen molar-refractivity contribution >= 4 is 22.6 Å². The summed E-state index contributed by atoms with van der Waals surface area (Å²) >= 11 is 0. The summed E-state index contributed by atoms with van der Waals surface area (Å²) in [6.45, 7) is 0.214.